The number of amides is 1. The van der Waals surface area contributed by atoms with Gasteiger partial charge in [-0.25, -0.2) is 0 Å². The highest BCUT2D eigenvalue weighted by molar-refractivity contribution is 7.99. The van der Waals surface area contributed by atoms with Gasteiger partial charge in [0.2, 0.25) is 5.91 Å². The van der Waals surface area contributed by atoms with Crippen LogP contribution in [0.5, 0.6) is 0 Å². The van der Waals surface area contributed by atoms with Crippen molar-refractivity contribution in [3.63, 3.8) is 0 Å². The Morgan fingerprint density at radius 2 is 2.14 bits per heavy atom. The van der Waals surface area contributed by atoms with Gasteiger partial charge in [-0.05, 0) is 49.6 Å². The molecule has 0 radical (unpaired) electrons. The maximum atomic E-state index is 12.2. The average molecular weight is 314 g/mol. The molecule has 1 aliphatic rings. The Labute approximate surface area is 128 Å². The molecular formula is C15H20F2N2OS. The molecule has 0 aromatic heterocycles. The van der Waals surface area contributed by atoms with Crippen molar-refractivity contribution in [2.75, 3.05) is 25.0 Å². The third-order valence-corrected chi connectivity index (χ3v) is 4.19. The number of rotatable bonds is 5. The van der Waals surface area contributed by atoms with Gasteiger partial charge in [0, 0.05) is 17.1 Å². The summed E-state index contributed by atoms with van der Waals surface area (Å²) in [6.45, 7) is 4.50. The summed E-state index contributed by atoms with van der Waals surface area (Å²) in [5, 5.41) is 2.81. The summed E-state index contributed by atoms with van der Waals surface area (Å²) in [5.41, 5.74) is 0.642. The molecule has 1 N–H and O–H groups in total. The van der Waals surface area contributed by atoms with Gasteiger partial charge >= 0.3 is 0 Å². The molecule has 3 nitrogen and oxygen atoms in total. The Hall–Kier alpha value is -1.14. The molecule has 1 aromatic rings. The molecule has 1 fully saturated rings. The predicted molar refractivity (Wildman–Crippen MR) is 81.8 cm³/mol. The SMILES string of the molecule is C[C@@H]1CCCN(CC(=O)Nc2ccc(SC(F)F)cc2)C1. The highest BCUT2D eigenvalue weighted by Crippen LogP contribution is 2.26. The third kappa shape index (κ3) is 5.63. The highest BCUT2D eigenvalue weighted by Gasteiger charge is 2.18. The third-order valence-electron chi connectivity index (χ3n) is 3.47. The minimum absolute atomic E-state index is 0.0571. The number of nitrogens with one attached hydrogen (secondary N) is 1. The first-order chi connectivity index (χ1) is 10.0. The van der Waals surface area contributed by atoms with Crippen molar-refractivity contribution in [1.29, 1.82) is 0 Å². The summed E-state index contributed by atoms with van der Waals surface area (Å²) in [5.74, 6) is -1.85. The predicted octanol–water partition coefficient (Wildman–Crippen LogP) is 3.67. The van der Waals surface area contributed by atoms with Gasteiger partial charge in [-0.2, -0.15) is 8.78 Å². The molecule has 1 amide bonds. The number of thioether (sulfide) groups is 1. The molecule has 0 saturated carbocycles. The zero-order chi connectivity index (χ0) is 15.2. The van der Waals surface area contributed by atoms with Crippen LogP contribution in [0.25, 0.3) is 0 Å². The molecule has 1 aromatic carbocycles. The summed E-state index contributed by atoms with van der Waals surface area (Å²) in [7, 11) is 0. The van der Waals surface area contributed by atoms with Crippen molar-refractivity contribution in [1.82, 2.24) is 4.90 Å². The molecular weight excluding hydrogens is 294 g/mol. The Morgan fingerprint density at radius 3 is 2.76 bits per heavy atom. The summed E-state index contributed by atoms with van der Waals surface area (Å²) < 4.78 is 24.4. The lowest BCUT2D eigenvalue weighted by Crippen LogP contribution is -2.39. The van der Waals surface area contributed by atoms with Crippen LogP contribution in [0.1, 0.15) is 19.8 Å². The van der Waals surface area contributed by atoms with E-state index in [1.54, 1.807) is 24.3 Å². The van der Waals surface area contributed by atoms with E-state index in [0.717, 1.165) is 19.5 Å². The van der Waals surface area contributed by atoms with E-state index in [2.05, 4.69) is 17.1 Å². The molecule has 1 atom stereocenters. The maximum absolute atomic E-state index is 12.2. The first kappa shape index (κ1) is 16.2. The number of benzene rings is 1. The minimum atomic E-state index is -2.42. The van der Waals surface area contributed by atoms with E-state index in [9.17, 15) is 13.6 Å². The van der Waals surface area contributed by atoms with E-state index in [1.165, 1.54) is 6.42 Å². The van der Waals surface area contributed by atoms with E-state index < -0.39 is 5.76 Å². The second-order valence-electron chi connectivity index (χ2n) is 5.43. The molecule has 2 rings (SSSR count). The molecule has 6 heteroatoms. The van der Waals surface area contributed by atoms with Gasteiger partial charge < -0.3 is 5.32 Å². The van der Waals surface area contributed by atoms with Crippen molar-refractivity contribution >= 4 is 23.4 Å². The molecule has 0 spiro atoms. The first-order valence-corrected chi connectivity index (χ1v) is 7.98. The Balaban J connectivity index is 1.82. The van der Waals surface area contributed by atoms with Crippen molar-refractivity contribution in [2.45, 2.75) is 30.4 Å². The van der Waals surface area contributed by atoms with Gasteiger partial charge in [-0.3, -0.25) is 9.69 Å². The number of hydrogen-bond donors (Lipinski definition) is 1. The minimum Gasteiger partial charge on any atom is -0.325 e. The summed E-state index contributed by atoms with van der Waals surface area (Å²) >= 11 is 0.500. The number of carbonyl (C=O) groups excluding carboxylic acids is 1. The van der Waals surface area contributed by atoms with E-state index in [0.29, 0.717) is 34.8 Å². The maximum Gasteiger partial charge on any atom is 0.288 e. The Bertz CT molecular complexity index is 467. The van der Waals surface area contributed by atoms with E-state index in [1.807, 2.05) is 0 Å². The lowest BCUT2D eigenvalue weighted by Gasteiger charge is -2.30. The summed E-state index contributed by atoms with van der Waals surface area (Å²) in [6.07, 6.45) is 2.36. The fourth-order valence-corrected chi connectivity index (χ4v) is 3.05. The van der Waals surface area contributed by atoms with Crippen molar-refractivity contribution < 1.29 is 13.6 Å². The van der Waals surface area contributed by atoms with Crippen LogP contribution >= 0.6 is 11.8 Å². The normalized spacial score (nSPS) is 19.7. The second-order valence-corrected chi connectivity index (χ2v) is 6.50. The molecule has 116 valence electrons. The zero-order valence-corrected chi connectivity index (χ0v) is 12.8. The lowest BCUT2D eigenvalue weighted by atomic mass is 10.0. The number of likely N-dealkylation sites (tertiary alicyclic amines) is 1. The van der Waals surface area contributed by atoms with Crippen molar-refractivity contribution in [2.24, 2.45) is 5.92 Å². The average Bonchev–Trinajstić information content (AvgIpc) is 2.40. The molecule has 1 aliphatic heterocycles. The lowest BCUT2D eigenvalue weighted by molar-refractivity contribution is -0.117. The largest absolute Gasteiger partial charge is 0.325 e. The topological polar surface area (TPSA) is 32.3 Å². The van der Waals surface area contributed by atoms with Crippen LogP contribution < -0.4 is 5.32 Å². The molecule has 0 bridgehead atoms. The Kier molecular flexibility index (Phi) is 5.99. The van der Waals surface area contributed by atoms with Gasteiger partial charge in [0.1, 0.15) is 0 Å². The van der Waals surface area contributed by atoms with E-state index >= 15 is 0 Å². The fraction of sp³-hybridized carbons (Fsp3) is 0.533. The molecule has 0 unspecified atom stereocenters. The molecule has 1 heterocycles. The molecule has 0 aliphatic carbocycles. The number of anilines is 1. The van der Waals surface area contributed by atoms with E-state index in [-0.39, 0.29) is 5.91 Å². The van der Waals surface area contributed by atoms with Crippen LogP contribution in [0.3, 0.4) is 0 Å². The monoisotopic (exact) mass is 314 g/mol. The number of nitrogens with zero attached hydrogens (tertiary/aromatic N) is 1. The molecule has 21 heavy (non-hydrogen) atoms. The Morgan fingerprint density at radius 1 is 1.43 bits per heavy atom. The van der Waals surface area contributed by atoms with E-state index in [4.69, 9.17) is 0 Å². The van der Waals surface area contributed by atoms with Gasteiger partial charge in [0.15, 0.2) is 0 Å². The quantitative estimate of drug-likeness (QED) is 0.842. The number of halogens is 2. The van der Waals surface area contributed by atoms with Gasteiger partial charge in [0.05, 0.1) is 6.54 Å². The van der Waals surface area contributed by atoms with Crippen LogP contribution in [0.4, 0.5) is 14.5 Å². The number of alkyl halides is 2. The van der Waals surface area contributed by atoms with Gasteiger partial charge in [-0.15, -0.1) is 0 Å². The first-order valence-electron chi connectivity index (χ1n) is 7.10. The molecule has 1 saturated heterocycles. The number of hydrogen-bond acceptors (Lipinski definition) is 3. The van der Waals surface area contributed by atoms with Crippen LogP contribution in [0, 0.1) is 5.92 Å². The fourth-order valence-electron chi connectivity index (χ4n) is 2.55. The highest BCUT2D eigenvalue weighted by atomic mass is 32.2. The smallest absolute Gasteiger partial charge is 0.288 e. The zero-order valence-electron chi connectivity index (χ0n) is 12.0. The summed E-state index contributed by atoms with van der Waals surface area (Å²) in [4.78, 5) is 14.6. The van der Waals surface area contributed by atoms with Crippen molar-refractivity contribution in [3.05, 3.63) is 24.3 Å². The second kappa shape index (κ2) is 7.75. The van der Waals surface area contributed by atoms with Crippen LogP contribution in [-0.2, 0) is 4.79 Å². The van der Waals surface area contributed by atoms with Crippen LogP contribution in [-0.4, -0.2) is 36.2 Å². The number of piperidine rings is 1. The number of carbonyl (C=O) groups is 1. The van der Waals surface area contributed by atoms with Crippen LogP contribution in [0.2, 0.25) is 0 Å². The van der Waals surface area contributed by atoms with Crippen LogP contribution in [0.15, 0.2) is 29.2 Å². The standard InChI is InChI=1S/C15H20F2N2OS/c1-11-3-2-8-19(9-11)10-14(20)18-12-4-6-13(7-5-12)21-15(16)17/h4-7,11,15H,2-3,8-10H2,1H3,(H,18,20)/t11-/m1/s1. The summed E-state index contributed by atoms with van der Waals surface area (Å²) in [6, 6.07) is 6.49. The van der Waals surface area contributed by atoms with Gasteiger partial charge in [-0.1, -0.05) is 18.7 Å². The van der Waals surface area contributed by atoms with Gasteiger partial charge in [0.25, 0.3) is 5.76 Å². The van der Waals surface area contributed by atoms with Crippen molar-refractivity contribution in [3.8, 4) is 0 Å².